The Labute approximate surface area is 77.5 Å². The van der Waals surface area contributed by atoms with Gasteiger partial charge >= 0.3 is 5.97 Å². The summed E-state index contributed by atoms with van der Waals surface area (Å²) in [5, 5.41) is 0. The molecule has 0 saturated heterocycles. The predicted molar refractivity (Wildman–Crippen MR) is 48.2 cm³/mol. The van der Waals surface area contributed by atoms with Gasteiger partial charge in [0.1, 0.15) is 6.04 Å². The summed E-state index contributed by atoms with van der Waals surface area (Å²) in [4.78, 5) is 15.3. The lowest BCUT2D eigenvalue weighted by molar-refractivity contribution is -0.147. The van der Waals surface area contributed by atoms with E-state index in [-0.39, 0.29) is 12.0 Å². The highest BCUT2D eigenvalue weighted by atomic mass is 16.5. The summed E-state index contributed by atoms with van der Waals surface area (Å²) in [6, 6.07) is -0.234. The molecule has 0 aliphatic heterocycles. The Balaban J connectivity index is 2.68. The Kier molecular flexibility index (Phi) is 3.49. The summed E-state index contributed by atoms with van der Waals surface area (Å²) < 4.78 is 6.69. The van der Waals surface area contributed by atoms with Gasteiger partial charge in [0.05, 0.1) is 12.9 Å². The topological polar surface area (TPSA) is 44.1 Å². The normalized spacial score (nSPS) is 12.5. The van der Waals surface area contributed by atoms with Crippen molar-refractivity contribution in [3.05, 3.63) is 18.7 Å². The summed E-state index contributed by atoms with van der Waals surface area (Å²) >= 11 is 0. The Morgan fingerprint density at radius 3 is 2.85 bits per heavy atom. The molecule has 0 bridgehead atoms. The third kappa shape index (κ3) is 2.31. The zero-order valence-corrected chi connectivity index (χ0v) is 7.93. The minimum atomic E-state index is -0.234. The first-order valence-electron chi connectivity index (χ1n) is 4.43. The maximum Gasteiger partial charge on any atom is 0.329 e. The molecule has 0 aliphatic carbocycles. The summed E-state index contributed by atoms with van der Waals surface area (Å²) in [7, 11) is 0. The molecule has 0 aliphatic rings. The van der Waals surface area contributed by atoms with Crippen LogP contribution < -0.4 is 0 Å². The molecule has 72 valence electrons. The van der Waals surface area contributed by atoms with Crippen molar-refractivity contribution in [3.8, 4) is 0 Å². The number of rotatable bonds is 4. The quantitative estimate of drug-likeness (QED) is 0.661. The number of aromatic nitrogens is 2. The molecule has 0 spiro atoms. The van der Waals surface area contributed by atoms with Gasteiger partial charge in [-0.25, -0.2) is 9.78 Å². The van der Waals surface area contributed by atoms with Crippen molar-refractivity contribution in [1.29, 1.82) is 0 Å². The van der Waals surface area contributed by atoms with Crippen LogP contribution in [-0.2, 0) is 9.53 Å². The van der Waals surface area contributed by atoms with E-state index in [1.807, 2.05) is 6.92 Å². The molecule has 1 heterocycles. The SMILES string of the molecule is CCOC(=O)[C@@H](CC)n1ccnc1. The average molecular weight is 182 g/mol. The molecule has 13 heavy (non-hydrogen) atoms. The lowest BCUT2D eigenvalue weighted by atomic mass is 10.2. The van der Waals surface area contributed by atoms with E-state index in [1.165, 1.54) is 0 Å². The summed E-state index contributed by atoms with van der Waals surface area (Å²) in [6.45, 7) is 4.17. The van der Waals surface area contributed by atoms with Gasteiger partial charge in [0.25, 0.3) is 0 Å². The molecule has 1 aromatic rings. The smallest absolute Gasteiger partial charge is 0.329 e. The fraction of sp³-hybridized carbons (Fsp3) is 0.556. The fourth-order valence-corrected chi connectivity index (χ4v) is 1.19. The number of hydrogen-bond acceptors (Lipinski definition) is 3. The second kappa shape index (κ2) is 4.64. The van der Waals surface area contributed by atoms with E-state index < -0.39 is 0 Å². The number of nitrogens with zero attached hydrogens (tertiary/aromatic N) is 2. The molecular weight excluding hydrogens is 168 g/mol. The van der Waals surface area contributed by atoms with Crippen LogP contribution in [0.4, 0.5) is 0 Å². The van der Waals surface area contributed by atoms with Crippen LogP contribution in [0.1, 0.15) is 26.3 Å². The van der Waals surface area contributed by atoms with Crippen LogP contribution in [0.3, 0.4) is 0 Å². The highest BCUT2D eigenvalue weighted by molar-refractivity contribution is 5.74. The van der Waals surface area contributed by atoms with Crippen LogP contribution in [0.25, 0.3) is 0 Å². The van der Waals surface area contributed by atoms with Crippen molar-refractivity contribution in [2.75, 3.05) is 6.61 Å². The van der Waals surface area contributed by atoms with Gasteiger partial charge in [-0.05, 0) is 13.3 Å². The largest absolute Gasteiger partial charge is 0.464 e. The minimum absolute atomic E-state index is 0.192. The number of hydrogen-bond donors (Lipinski definition) is 0. The molecule has 0 fully saturated rings. The van der Waals surface area contributed by atoms with Gasteiger partial charge in [0, 0.05) is 12.4 Å². The van der Waals surface area contributed by atoms with Gasteiger partial charge in [0.2, 0.25) is 0 Å². The Morgan fingerprint density at radius 1 is 1.62 bits per heavy atom. The van der Waals surface area contributed by atoms with Gasteiger partial charge in [-0.3, -0.25) is 0 Å². The third-order valence-electron chi connectivity index (χ3n) is 1.83. The first-order chi connectivity index (χ1) is 6.29. The summed E-state index contributed by atoms with van der Waals surface area (Å²) in [5.74, 6) is -0.192. The first kappa shape index (κ1) is 9.77. The number of esters is 1. The van der Waals surface area contributed by atoms with E-state index in [4.69, 9.17) is 4.74 Å². The highest BCUT2D eigenvalue weighted by Crippen LogP contribution is 2.12. The van der Waals surface area contributed by atoms with Crippen molar-refractivity contribution in [2.45, 2.75) is 26.3 Å². The van der Waals surface area contributed by atoms with Crippen molar-refractivity contribution in [3.63, 3.8) is 0 Å². The number of imidazole rings is 1. The van der Waals surface area contributed by atoms with Crippen LogP contribution in [0.2, 0.25) is 0 Å². The molecule has 0 unspecified atom stereocenters. The Bertz CT molecular complexity index is 257. The molecule has 1 atom stereocenters. The van der Waals surface area contributed by atoms with Gasteiger partial charge in [-0.15, -0.1) is 0 Å². The van der Waals surface area contributed by atoms with E-state index in [9.17, 15) is 4.79 Å². The van der Waals surface area contributed by atoms with Crippen molar-refractivity contribution in [1.82, 2.24) is 9.55 Å². The number of carbonyl (C=O) groups is 1. The standard InChI is InChI=1S/C9H14N2O2/c1-3-8(9(12)13-4-2)11-6-5-10-7-11/h5-8H,3-4H2,1-2H3/t8-/m1/s1. The third-order valence-corrected chi connectivity index (χ3v) is 1.83. The molecular formula is C9H14N2O2. The van der Waals surface area contributed by atoms with E-state index >= 15 is 0 Å². The number of ether oxygens (including phenoxy) is 1. The molecule has 4 heteroatoms. The van der Waals surface area contributed by atoms with E-state index in [0.29, 0.717) is 6.61 Å². The maximum atomic E-state index is 11.4. The van der Waals surface area contributed by atoms with Crippen LogP contribution in [0.15, 0.2) is 18.7 Å². The predicted octanol–water partition coefficient (Wildman–Crippen LogP) is 1.40. The highest BCUT2D eigenvalue weighted by Gasteiger charge is 2.18. The van der Waals surface area contributed by atoms with Crippen LogP contribution >= 0.6 is 0 Å². The van der Waals surface area contributed by atoms with Crippen LogP contribution in [-0.4, -0.2) is 22.1 Å². The lowest BCUT2D eigenvalue weighted by Crippen LogP contribution is -2.20. The first-order valence-corrected chi connectivity index (χ1v) is 4.43. The van der Waals surface area contributed by atoms with Crippen LogP contribution in [0, 0.1) is 0 Å². The molecule has 0 saturated carbocycles. The van der Waals surface area contributed by atoms with E-state index in [2.05, 4.69) is 4.98 Å². The molecule has 0 radical (unpaired) electrons. The summed E-state index contributed by atoms with van der Waals surface area (Å²) in [6.07, 6.45) is 5.77. The molecule has 1 rings (SSSR count). The minimum Gasteiger partial charge on any atom is -0.464 e. The molecule has 4 nitrogen and oxygen atoms in total. The van der Waals surface area contributed by atoms with Gasteiger partial charge in [0.15, 0.2) is 0 Å². The van der Waals surface area contributed by atoms with Crippen LogP contribution in [0.5, 0.6) is 0 Å². The molecule has 0 amide bonds. The molecule has 0 aromatic carbocycles. The zero-order valence-electron chi connectivity index (χ0n) is 7.93. The van der Waals surface area contributed by atoms with Crippen molar-refractivity contribution >= 4 is 5.97 Å². The lowest BCUT2D eigenvalue weighted by Gasteiger charge is -2.14. The molecule has 1 aromatic heterocycles. The van der Waals surface area contributed by atoms with E-state index in [0.717, 1.165) is 6.42 Å². The summed E-state index contributed by atoms with van der Waals surface area (Å²) in [5.41, 5.74) is 0. The van der Waals surface area contributed by atoms with Gasteiger partial charge < -0.3 is 9.30 Å². The fourth-order valence-electron chi connectivity index (χ4n) is 1.19. The molecule has 0 N–H and O–H groups in total. The monoisotopic (exact) mass is 182 g/mol. The second-order valence-electron chi connectivity index (χ2n) is 2.69. The van der Waals surface area contributed by atoms with E-state index in [1.54, 1.807) is 30.2 Å². The van der Waals surface area contributed by atoms with Gasteiger partial charge in [-0.2, -0.15) is 0 Å². The maximum absolute atomic E-state index is 11.4. The Morgan fingerprint density at radius 2 is 2.38 bits per heavy atom. The average Bonchev–Trinajstić information content (AvgIpc) is 2.59. The number of carbonyl (C=O) groups excluding carboxylic acids is 1. The second-order valence-corrected chi connectivity index (χ2v) is 2.69. The van der Waals surface area contributed by atoms with Gasteiger partial charge in [-0.1, -0.05) is 6.92 Å². The Hall–Kier alpha value is -1.32. The van der Waals surface area contributed by atoms with Crippen molar-refractivity contribution < 1.29 is 9.53 Å². The van der Waals surface area contributed by atoms with Crippen molar-refractivity contribution in [2.24, 2.45) is 0 Å². The zero-order chi connectivity index (χ0) is 9.68.